The molecule has 0 saturated carbocycles. The van der Waals surface area contributed by atoms with Crippen molar-refractivity contribution in [1.82, 2.24) is 15.0 Å². The van der Waals surface area contributed by atoms with Crippen LogP contribution < -0.4 is 5.32 Å². The fraction of sp³-hybridized carbons (Fsp3) is 0.167. The van der Waals surface area contributed by atoms with E-state index in [1.165, 1.54) is 11.8 Å². The van der Waals surface area contributed by atoms with Crippen molar-refractivity contribution in [3.63, 3.8) is 0 Å². The summed E-state index contributed by atoms with van der Waals surface area (Å²) in [6, 6.07) is 3.89. The summed E-state index contributed by atoms with van der Waals surface area (Å²) in [5, 5.41) is 11.7. The SMILES string of the molecule is Cc1ccncc1CNc1cnc(C#N)cn1. The zero-order chi connectivity index (χ0) is 12.1. The molecule has 0 bridgehead atoms. The molecule has 2 aromatic rings. The molecule has 0 amide bonds. The molecule has 0 aromatic carbocycles. The first-order valence-electron chi connectivity index (χ1n) is 5.15. The first-order chi connectivity index (χ1) is 8.29. The largest absolute Gasteiger partial charge is 0.365 e. The normalized spacial score (nSPS) is 9.65. The highest BCUT2D eigenvalue weighted by Gasteiger charge is 1.99. The molecule has 2 rings (SSSR count). The fourth-order valence-electron chi connectivity index (χ4n) is 1.34. The monoisotopic (exact) mass is 225 g/mol. The lowest BCUT2D eigenvalue weighted by Crippen LogP contribution is -2.04. The number of aromatic nitrogens is 3. The van der Waals surface area contributed by atoms with Crippen molar-refractivity contribution < 1.29 is 0 Å². The maximum Gasteiger partial charge on any atom is 0.158 e. The van der Waals surface area contributed by atoms with Crippen LogP contribution >= 0.6 is 0 Å². The Morgan fingerprint density at radius 2 is 2.18 bits per heavy atom. The highest BCUT2D eigenvalue weighted by molar-refractivity contribution is 5.35. The molecule has 0 aliphatic carbocycles. The summed E-state index contributed by atoms with van der Waals surface area (Å²) in [7, 11) is 0. The highest BCUT2D eigenvalue weighted by Crippen LogP contribution is 2.08. The van der Waals surface area contributed by atoms with Crippen LogP contribution in [0.3, 0.4) is 0 Å². The molecule has 0 aliphatic heterocycles. The first-order valence-corrected chi connectivity index (χ1v) is 5.15. The van der Waals surface area contributed by atoms with Crippen molar-refractivity contribution in [2.75, 3.05) is 5.32 Å². The lowest BCUT2D eigenvalue weighted by molar-refractivity contribution is 1.04. The number of nitrogens with one attached hydrogen (secondary N) is 1. The second-order valence-corrected chi connectivity index (χ2v) is 3.55. The van der Waals surface area contributed by atoms with Gasteiger partial charge in [-0.3, -0.25) is 4.98 Å². The third-order valence-electron chi connectivity index (χ3n) is 2.37. The minimum atomic E-state index is 0.313. The number of nitrogens with zero attached hydrogens (tertiary/aromatic N) is 4. The molecule has 84 valence electrons. The van der Waals surface area contributed by atoms with E-state index < -0.39 is 0 Å². The summed E-state index contributed by atoms with van der Waals surface area (Å²) in [6.45, 7) is 2.67. The van der Waals surface area contributed by atoms with Gasteiger partial charge in [0, 0.05) is 18.9 Å². The molecular formula is C12H11N5. The molecule has 17 heavy (non-hydrogen) atoms. The predicted molar refractivity (Wildman–Crippen MR) is 63.0 cm³/mol. The van der Waals surface area contributed by atoms with Crippen LogP contribution in [0.1, 0.15) is 16.8 Å². The summed E-state index contributed by atoms with van der Waals surface area (Å²) in [5.74, 6) is 0.646. The van der Waals surface area contributed by atoms with Crippen LogP contribution in [-0.4, -0.2) is 15.0 Å². The predicted octanol–water partition coefficient (Wildman–Crippen LogP) is 1.66. The number of hydrogen-bond donors (Lipinski definition) is 1. The van der Waals surface area contributed by atoms with Crippen LogP contribution in [-0.2, 0) is 6.54 Å². The van der Waals surface area contributed by atoms with Crippen molar-refractivity contribution in [3.8, 4) is 6.07 Å². The Hall–Kier alpha value is -2.48. The lowest BCUT2D eigenvalue weighted by atomic mass is 10.2. The summed E-state index contributed by atoms with van der Waals surface area (Å²) in [5.41, 5.74) is 2.60. The van der Waals surface area contributed by atoms with Gasteiger partial charge < -0.3 is 5.32 Å². The Bertz CT molecular complexity index is 542. The van der Waals surface area contributed by atoms with Gasteiger partial charge in [0.1, 0.15) is 11.9 Å². The van der Waals surface area contributed by atoms with E-state index in [2.05, 4.69) is 20.3 Å². The average molecular weight is 225 g/mol. The number of nitriles is 1. The third-order valence-corrected chi connectivity index (χ3v) is 2.37. The Balaban J connectivity index is 2.03. The van der Waals surface area contributed by atoms with Gasteiger partial charge in [0.05, 0.1) is 12.4 Å². The van der Waals surface area contributed by atoms with Gasteiger partial charge in [-0.15, -0.1) is 0 Å². The van der Waals surface area contributed by atoms with E-state index in [-0.39, 0.29) is 0 Å². The molecule has 2 aromatic heterocycles. The van der Waals surface area contributed by atoms with Crippen LogP contribution in [0.5, 0.6) is 0 Å². The molecule has 0 atom stereocenters. The fourth-order valence-corrected chi connectivity index (χ4v) is 1.34. The zero-order valence-electron chi connectivity index (χ0n) is 9.38. The molecule has 0 unspecified atom stereocenters. The maximum absolute atomic E-state index is 8.59. The summed E-state index contributed by atoms with van der Waals surface area (Å²) in [4.78, 5) is 12.1. The minimum Gasteiger partial charge on any atom is -0.365 e. The summed E-state index contributed by atoms with van der Waals surface area (Å²) >= 11 is 0. The van der Waals surface area contributed by atoms with E-state index in [1.807, 2.05) is 25.3 Å². The second-order valence-electron chi connectivity index (χ2n) is 3.55. The molecular weight excluding hydrogens is 214 g/mol. The second kappa shape index (κ2) is 5.03. The van der Waals surface area contributed by atoms with Gasteiger partial charge >= 0.3 is 0 Å². The Morgan fingerprint density at radius 1 is 1.29 bits per heavy atom. The van der Waals surface area contributed by atoms with Crippen LogP contribution in [0.4, 0.5) is 5.82 Å². The van der Waals surface area contributed by atoms with Crippen LogP contribution in [0.15, 0.2) is 30.9 Å². The minimum absolute atomic E-state index is 0.313. The van der Waals surface area contributed by atoms with Gasteiger partial charge in [-0.05, 0) is 24.1 Å². The van der Waals surface area contributed by atoms with Gasteiger partial charge in [-0.1, -0.05) is 0 Å². The molecule has 5 nitrogen and oxygen atoms in total. The maximum atomic E-state index is 8.59. The molecule has 0 aliphatic rings. The summed E-state index contributed by atoms with van der Waals surface area (Å²) in [6.07, 6.45) is 6.57. The molecule has 0 spiro atoms. The standard InChI is InChI=1S/C12H11N5/c1-9-2-3-14-5-10(9)6-16-12-8-15-11(4-13)7-17-12/h2-3,5,7-8H,6H2,1H3,(H,16,17). The molecule has 1 N–H and O–H groups in total. The molecule has 0 radical (unpaired) electrons. The Morgan fingerprint density at radius 3 is 2.82 bits per heavy atom. The van der Waals surface area contributed by atoms with E-state index >= 15 is 0 Å². The molecule has 0 fully saturated rings. The Kier molecular flexibility index (Phi) is 3.26. The molecule has 0 saturated heterocycles. The smallest absolute Gasteiger partial charge is 0.158 e. The van der Waals surface area contributed by atoms with Gasteiger partial charge in [-0.25, -0.2) is 9.97 Å². The van der Waals surface area contributed by atoms with E-state index in [9.17, 15) is 0 Å². The number of hydrogen-bond acceptors (Lipinski definition) is 5. The van der Waals surface area contributed by atoms with E-state index in [0.29, 0.717) is 18.1 Å². The van der Waals surface area contributed by atoms with Gasteiger partial charge in [-0.2, -0.15) is 5.26 Å². The van der Waals surface area contributed by atoms with Crippen molar-refractivity contribution >= 4 is 5.82 Å². The van der Waals surface area contributed by atoms with Crippen molar-refractivity contribution in [2.24, 2.45) is 0 Å². The van der Waals surface area contributed by atoms with Crippen LogP contribution in [0, 0.1) is 18.3 Å². The number of aryl methyl sites for hydroxylation is 1. The van der Waals surface area contributed by atoms with Gasteiger partial charge in [0.15, 0.2) is 5.69 Å². The third kappa shape index (κ3) is 2.75. The van der Waals surface area contributed by atoms with Crippen molar-refractivity contribution in [2.45, 2.75) is 13.5 Å². The molecule has 5 heteroatoms. The van der Waals surface area contributed by atoms with Crippen LogP contribution in [0.2, 0.25) is 0 Å². The van der Waals surface area contributed by atoms with E-state index in [0.717, 1.165) is 5.56 Å². The topological polar surface area (TPSA) is 74.5 Å². The van der Waals surface area contributed by atoms with Crippen molar-refractivity contribution in [3.05, 3.63) is 47.7 Å². The first kappa shape index (κ1) is 11.0. The number of rotatable bonds is 3. The zero-order valence-corrected chi connectivity index (χ0v) is 9.38. The van der Waals surface area contributed by atoms with E-state index in [4.69, 9.17) is 5.26 Å². The van der Waals surface area contributed by atoms with Gasteiger partial charge in [0.25, 0.3) is 0 Å². The quantitative estimate of drug-likeness (QED) is 0.859. The van der Waals surface area contributed by atoms with Gasteiger partial charge in [0.2, 0.25) is 0 Å². The van der Waals surface area contributed by atoms with E-state index in [1.54, 1.807) is 12.4 Å². The highest BCUT2D eigenvalue weighted by atomic mass is 15.0. The number of anilines is 1. The average Bonchev–Trinajstić information content (AvgIpc) is 2.38. The lowest BCUT2D eigenvalue weighted by Gasteiger charge is -2.06. The summed E-state index contributed by atoms with van der Waals surface area (Å²) < 4.78 is 0. The van der Waals surface area contributed by atoms with Crippen molar-refractivity contribution in [1.29, 1.82) is 5.26 Å². The molecule has 2 heterocycles. The number of pyridine rings is 1. The van der Waals surface area contributed by atoms with Crippen LogP contribution in [0.25, 0.3) is 0 Å². The Labute approximate surface area is 99.2 Å².